The van der Waals surface area contributed by atoms with Gasteiger partial charge in [0.05, 0.1) is 18.0 Å². The Kier molecular flexibility index (Phi) is 4.97. The van der Waals surface area contributed by atoms with Gasteiger partial charge in [0.15, 0.2) is 0 Å². The first-order chi connectivity index (χ1) is 9.69. The molecule has 3 N–H and O–H groups in total. The predicted octanol–water partition coefficient (Wildman–Crippen LogP) is 2.33. The lowest BCUT2D eigenvalue weighted by Gasteiger charge is -1.99. The Bertz CT molecular complexity index is 665. The lowest BCUT2D eigenvalue weighted by molar-refractivity contribution is 0.474. The molecule has 9 heteroatoms. The highest BCUT2D eigenvalue weighted by molar-refractivity contribution is 9.10. The second-order valence-electron chi connectivity index (χ2n) is 3.49. The zero-order valence-electron chi connectivity index (χ0n) is 10.0. The Labute approximate surface area is 127 Å². The zero-order valence-corrected chi connectivity index (χ0v) is 12.4. The molecule has 2 aromatic rings. The Morgan fingerprint density at radius 1 is 1.60 bits per heavy atom. The van der Waals surface area contributed by atoms with Crippen molar-refractivity contribution in [2.45, 2.75) is 5.16 Å². The van der Waals surface area contributed by atoms with Gasteiger partial charge < -0.3 is 5.11 Å². The number of nitrogens with zero attached hydrogens (tertiary/aromatic N) is 4. The van der Waals surface area contributed by atoms with Gasteiger partial charge in [0.2, 0.25) is 11.1 Å². The van der Waals surface area contributed by atoms with Crippen molar-refractivity contribution in [3.8, 4) is 11.8 Å². The van der Waals surface area contributed by atoms with Crippen molar-refractivity contribution in [2.75, 3.05) is 11.2 Å². The van der Waals surface area contributed by atoms with Gasteiger partial charge in [-0.2, -0.15) is 15.3 Å². The first-order valence-corrected chi connectivity index (χ1v) is 7.16. The van der Waals surface area contributed by atoms with Crippen molar-refractivity contribution in [3.63, 3.8) is 0 Å². The largest absolute Gasteiger partial charge is 0.507 e. The number of hydrogen-bond acceptors (Lipinski definition) is 7. The second-order valence-corrected chi connectivity index (χ2v) is 5.34. The Morgan fingerprint density at radius 3 is 3.25 bits per heavy atom. The van der Waals surface area contributed by atoms with Gasteiger partial charge >= 0.3 is 0 Å². The molecule has 0 aliphatic rings. The van der Waals surface area contributed by atoms with Crippen molar-refractivity contribution in [1.29, 1.82) is 5.26 Å². The number of nitriles is 1. The van der Waals surface area contributed by atoms with E-state index in [2.05, 4.69) is 41.6 Å². The minimum Gasteiger partial charge on any atom is -0.507 e. The highest BCUT2D eigenvalue weighted by atomic mass is 79.9. The van der Waals surface area contributed by atoms with Crippen molar-refractivity contribution in [2.24, 2.45) is 5.10 Å². The third-order valence-electron chi connectivity index (χ3n) is 2.09. The molecule has 0 radical (unpaired) electrons. The van der Waals surface area contributed by atoms with Gasteiger partial charge in [-0.15, -0.1) is 5.10 Å². The summed E-state index contributed by atoms with van der Waals surface area (Å²) >= 11 is 4.53. The van der Waals surface area contributed by atoms with Crippen LogP contribution in [0.4, 0.5) is 5.95 Å². The van der Waals surface area contributed by atoms with Crippen LogP contribution in [0, 0.1) is 11.3 Å². The van der Waals surface area contributed by atoms with E-state index in [-0.39, 0.29) is 11.5 Å². The molecule has 20 heavy (non-hydrogen) atoms. The van der Waals surface area contributed by atoms with Gasteiger partial charge in [-0.05, 0) is 18.2 Å². The summed E-state index contributed by atoms with van der Waals surface area (Å²) in [7, 11) is 0. The summed E-state index contributed by atoms with van der Waals surface area (Å²) in [5.74, 6) is 0.768. The number of phenols is 1. The van der Waals surface area contributed by atoms with Gasteiger partial charge in [-0.3, -0.25) is 0 Å². The number of thioether (sulfide) groups is 1. The van der Waals surface area contributed by atoms with E-state index in [1.54, 1.807) is 18.2 Å². The van der Waals surface area contributed by atoms with Crippen LogP contribution in [0.3, 0.4) is 0 Å². The van der Waals surface area contributed by atoms with Gasteiger partial charge in [0, 0.05) is 10.0 Å². The van der Waals surface area contributed by atoms with Crippen LogP contribution in [0.1, 0.15) is 5.56 Å². The van der Waals surface area contributed by atoms with Crippen molar-refractivity contribution >= 4 is 39.9 Å². The number of rotatable bonds is 5. The van der Waals surface area contributed by atoms with E-state index in [9.17, 15) is 5.11 Å². The molecule has 0 spiro atoms. The van der Waals surface area contributed by atoms with Gasteiger partial charge in [0.1, 0.15) is 5.75 Å². The lowest BCUT2D eigenvalue weighted by Crippen LogP contribution is -1.93. The maximum absolute atomic E-state index is 9.62. The summed E-state index contributed by atoms with van der Waals surface area (Å²) in [6.45, 7) is 0. The summed E-state index contributed by atoms with van der Waals surface area (Å²) < 4.78 is 0.839. The Hall–Kier alpha value is -2.05. The quantitative estimate of drug-likeness (QED) is 0.432. The molecular formula is C11H9BrN6OS. The molecule has 0 aliphatic carbocycles. The maximum Gasteiger partial charge on any atom is 0.240 e. The minimum absolute atomic E-state index is 0.126. The van der Waals surface area contributed by atoms with E-state index in [0.29, 0.717) is 16.7 Å². The van der Waals surface area contributed by atoms with Crippen LogP contribution in [0.25, 0.3) is 0 Å². The van der Waals surface area contributed by atoms with Crippen molar-refractivity contribution < 1.29 is 5.11 Å². The number of phenolic OH excluding ortho intramolecular Hbond substituents is 1. The van der Waals surface area contributed by atoms with E-state index < -0.39 is 0 Å². The first kappa shape index (κ1) is 14.4. The number of anilines is 1. The Balaban J connectivity index is 1.97. The molecule has 1 heterocycles. The molecule has 102 valence electrons. The highest BCUT2D eigenvalue weighted by Crippen LogP contribution is 2.20. The van der Waals surface area contributed by atoms with Crippen LogP contribution in [-0.2, 0) is 0 Å². The monoisotopic (exact) mass is 352 g/mol. The summed E-state index contributed by atoms with van der Waals surface area (Å²) in [6, 6.07) is 7.02. The summed E-state index contributed by atoms with van der Waals surface area (Å²) in [5.41, 5.74) is 3.21. The highest BCUT2D eigenvalue weighted by Gasteiger charge is 2.02. The number of hydrogen-bond donors (Lipinski definition) is 3. The standard InChI is InChI=1S/C11H9BrN6OS/c12-8-1-2-9(19)7(5-8)6-14-16-10-15-11(18-17-10)20-4-3-13/h1-2,5-6,19H,4H2,(H2,15,16,17,18). The smallest absolute Gasteiger partial charge is 0.240 e. The molecule has 0 unspecified atom stereocenters. The van der Waals surface area contributed by atoms with E-state index in [1.807, 2.05) is 6.07 Å². The van der Waals surface area contributed by atoms with Crippen LogP contribution in [0.15, 0.2) is 32.9 Å². The maximum atomic E-state index is 9.62. The van der Waals surface area contributed by atoms with E-state index >= 15 is 0 Å². The van der Waals surface area contributed by atoms with E-state index in [0.717, 1.165) is 4.47 Å². The van der Waals surface area contributed by atoms with Crippen LogP contribution in [0.2, 0.25) is 0 Å². The van der Waals surface area contributed by atoms with Crippen LogP contribution < -0.4 is 5.43 Å². The SMILES string of the molecule is N#CCSc1n[nH]c(NN=Cc2cc(Br)ccc2O)n1. The molecule has 7 nitrogen and oxygen atoms in total. The minimum atomic E-state index is 0.126. The van der Waals surface area contributed by atoms with Crippen molar-refractivity contribution in [1.82, 2.24) is 15.2 Å². The fourth-order valence-electron chi connectivity index (χ4n) is 1.25. The second kappa shape index (κ2) is 6.93. The molecule has 2 rings (SSSR count). The van der Waals surface area contributed by atoms with Crippen LogP contribution >= 0.6 is 27.7 Å². The summed E-state index contributed by atoms with van der Waals surface area (Å²) in [6.07, 6.45) is 1.46. The molecule has 0 saturated carbocycles. The third kappa shape index (κ3) is 3.97. The molecule has 0 bridgehead atoms. The molecule has 1 aromatic carbocycles. The number of H-pyrrole nitrogens is 1. The number of benzene rings is 1. The first-order valence-electron chi connectivity index (χ1n) is 5.39. The fraction of sp³-hybridized carbons (Fsp3) is 0.0909. The molecule has 0 saturated heterocycles. The molecule has 0 fully saturated rings. The number of aromatic hydroxyl groups is 1. The van der Waals surface area contributed by atoms with Crippen LogP contribution in [0.5, 0.6) is 5.75 Å². The average Bonchev–Trinajstić information content (AvgIpc) is 2.88. The zero-order chi connectivity index (χ0) is 14.4. The fourth-order valence-corrected chi connectivity index (χ4v) is 2.09. The number of aromatic amines is 1. The van der Waals surface area contributed by atoms with E-state index in [1.165, 1.54) is 18.0 Å². The normalized spacial score (nSPS) is 10.6. The summed E-state index contributed by atoms with van der Waals surface area (Å²) in [5, 5.41) is 29.0. The topological polar surface area (TPSA) is 110 Å². The third-order valence-corrected chi connectivity index (χ3v) is 3.30. The van der Waals surface area contributed by atoms with Gasteiger partial charge in [-0.1, -0.05) is 27.7 Å². The predicted molar refractivity (Wildman–Crippen MR) is 79.7 cm³/mol. The number of hydrazone groups is 1. The average molecular weight is 353 g/mol. The van der Waals surface area contributed by atoms with E-state index in [4.69, 9.17) is 5.26 Å². The molecule has 0 aliphatic heterocycles. The van der Waals surface area contributed by atoms with Gasteiger partial charge in [-0.25, -0.2) is 10.5 Å². The van der Waals surface area contributed by atoms with Crippen molar-refractivity contribution in [3.05, 3.63) is 28.2 Å². The van der Waals surface area contributed by atoms with Gasteiger partial charge in [0.25, 0.3) is 0 Å². The Morgan fingerprint density at radius 2 is 2.45 bits per heavy atom. The molecule has 1 aromatic heterocycles. The number of halogens is 1. The summed E-state index contributed by atoms with van der Waals surface area (Å²) in [4.78, 5) is 4.07. The molecule has 0 atom stereocenters. The van der Waals surface area contributed by atoms with Crippen LogP contribution in [-0.4, -0.2) is 32.3 Å². The number of nitrogens with one attached hydrogen (secondary N) is 2. The molecule has 0 amide bonds. The number of aromatic nitrogens is 3. The molecular weight excluding hydrogens is 344 g/mol. The lowest BCUT2D eigenvalue weighted by atomic mass is 10.2.